The molecule has 1 heterocycles. The van der Waals surface area contributed by atoms with Crippen molar-refractivity contribution >= 4 is 46.3 Å². The first-order valence-corrected chi connectivity index (χ1v) is 9.07. The van der Waals surface area contributed by atoms with E-state index in [2.05, 4.69) is 5.32 Å². The van der Waals surface area contributed by atoms with E-state index >= 15 is 0 Å². The van der Waals surface area contributed by atoms with Gasteiger partial charge in [-0.2, -0.15) is 0 Å². The predicted molar refractivity (Wildman–Crippen MR) is 105 cm³/mol. The molecule has 0 fully saturated rings. The number of anilines is 1. The summed E-state index contributed by atoms with van der Waals surface area (Å²) in [6.07, 6.45) is 0.678. The molecule has 1 N–H and O–H groups in total. The summed E-state index contributed by atoms with van der Waals surface area (Å²) in [6.45, 7) is 4.25. The molecule has 0 bridgehead atoms. The van der Waals surface area contributed by atoms with Gasteiger partial charge >= 0.3 is 0 Å². The van der Waals surface area contributed by atoms with Gasteiger partial charge in [0.1, 0.15) is 5.70 Å². The van der Waals surface area contributed by atoms with Crippen LogP contribution in [-0.4, -0.2) is 23.3 Å². The third-order valence-corrected chi connectivity index (χ3v) is 4.68. The summed E-state index contributed by atoms with van der Waals surface area (Å²) in [5.74, 6) is -0.700. The van der Waals surface area contributed by atoms with Gasteiger partial charge in [-0.05, 0) is 37.6 Å². The minimum atomic E-state index is -0.351. The number of imide groups is 1. The average molecular weight is 389 g/mol. The van der Waals surface area contributed by atoms with Crippen LogP contribution < -0.4 is 5.32 Å². The lowest BCUT2D eigenvalue weighted by Gasteiger charge is -2.14. The van der Waals surface area contributed by atoms with Crippen molar-refractivity contribution in [3.8, 4) is 0 Å². The fraction of sp³-hybridized carbons (Fsp3) is 0.200. The van der Waals surface area contributed by atoms with Crippen LogP contribution in [0.2, 0.25) is 10.0 Å². The Bertz CT molecular complexity index is 905. The number of carbonyl (C=O) groups is 2. The standard InChI is InChI=1S/C20H18Cl2N2O2/c1-3-10-24-19(25)17(15-9-6-13(21)11-16(15)22)18(20(24)26)23-14-7-4-12(2)5-8-14/h4-9,11,23H,3,10H2,1-2H3. The molecule has 0 saturated heterocycles. The molecule has 0 radical (unpaired) electrons. The molecule has 2 aromatic carbocycles. The number of rotatable bonds is 5. The Labute approximate surface area is 162 Å². The summed E-state index contributed by atoms with van der Waals surface area (Å²) in [5, 5.41) is 3.90. The SMILES string of the molecule is CCCN1C(=O)C(Nc2ccc(C)cc2)=C(c2ccc(Cl)cc2Cl)C1=O. The van der Waals surface area contributed by atoms with Gasteiger partial charge in [0, 0.05) is 22.8 Å². The molecule has 6 heteroatoms. The highest BCUT2D eigenvalue weighted by atomic mass is 35.5. The summed E-state index contributed by atoms with van der Waals surface area (Å²) in [6, 6.07) is 12.5. The topological polar surface area (TPSA) is 49.4 Å². The number of amides is 2. The summed E-state index contributed by atoms with van der Waals surface area (Å²) < 4.78 is 0. The maximum absolute atomic E-state index is 12.9. The summed E-state index contributed by atoms with van der Waals surface area (Å²) in [5.41, 5.74) is 2.82. The first-order chi connectivity index (χ1) is 12.4. The quantitative estimate of drug-likeness (QED) is 0.740. The van der Waals surface area contributed by atoms with E-state index in [1.165, 1.54) is 4.90 Å². The van der Waals surface area contributed by atoms with Crippen molar-refractivity contribution in [3.05, 3.63) is 69.3 Å². The van der Waals surface area contributed by atoms with Crippen molar-refractivity contribution in [2.45, 2.75) is 20.3 Å². The minimum Gasteiger partial charge on any atom is -0.350 e. The third kappa shape index (κ3) is 3.48. The summed E-state index contributed by atoms with van der Waals surface area (Å²) in [4.78, 5) is 27.0. The van der Waals surface area contributed by atoms with E-state index in [-0.39, 0.29) is 23.1 Å². The van der Waals surface area contributed by atoms with E-state index in [0.29, 0.717) is 28.6 Å². The zero-order valence-electron chi connectivity index (χ0n) is 14.5. The Kier molecular flexibility index (Phi) is 5.35. The van der Waals surface area contributed by atoms with Gasteiger partial charge in [0.15, 0.2) is 0 Å². The lowest BCUT2D eigenvalue weighted by atomic mass is 10.0. The monoisotopic (exact) mass is 388 g/mol. The number of carbonyl (C=O) groups excluding carboxylic acids is 2. The second kappa shape index (κ2) is 7.52. The Balaban J connectivity index is 2.10. The van der Waals surface area contributed by atoms with Crippen LogP contribution in [0, 0.1) is 6.92 Å². The zero-order chi connectivity index (χ0) is 18.8. The molecule has 0 saturated carbocycles. The van der Waals surface area contributed by atoms with Crippen LogP contribution in [0.25, 0.3) is 5.57 Å². The Hall–Kier alpha value is -2.30. The summed E-state index contributed by atoms with van der Waals surface area (Å²) in [7, 11) is 0. The van der Waals surface area contributed by atoms with Crippen molar-refractivity contribution in [2.24, 2.45) is 0 Å². The van der Waals surface area contributed by atoms with Gasteiger partial charge in [0.05, 0.1) is 10.6 Å². The Morgan fingerprint density at radius 2 is 1.69 bits per heavy atom. The molecule has 2 amide bonds. The fourth-order valence-electron chi connectivity index (χ4n) is 2.84. The van der Waals surface area contributed by atoms with E-state index in [4.69, 9.17) is 23.2 Å². The normalized spacial score (nSPS) is 14.4. The van der Waals surface area contributed by atoms with E-state index in [9.17, 15) is 9.59 Å². The van der Waals surface area contributed by atoms with Crippen molar-refractivity contribution < 1.29 is 9.59 Å². The smallest absolute Gasteiger partial charge is 0.278 e. The van der Waals surface area contributed by atoms with Gasteiger partial charge in [-0.1, -0.05) is 53.9 Å². The van der Waals surface area contributed by atoms with Gasteiger partial charge in [0.25, 0.3) is 11.8 Å². The number of nitrogens with zero attached hydrogens (tertiary/aromatic N) is 1. The molecule has 134 valence electrons. The molecule has 0 aliphatic carbocycles. The number of aryl methyl sites for hydroxylation is 1. The lowest BCUT2D eigenvalue weighted by molar-refractivity contribution is -0.136. The highest BCUT2D eigenvalue weighted by molar-refractivity contribution is 6.41. The van der Waals surface area contributed by atoms with Crippen molar-refractivity contribution in [1.29, 1.82) is 0 Å². The van der Waals surface area contributed by atoms with E-state index in [1.54, 1.807) is 18.2 Å². The van der Waals surface area contributed by atoms with Crippen LogP contribution in [0.5, 0.6) is 0 Å². The molecule has 2 aromatic rings. The molecular weight excluding hydrogens is 371 g/mol. The second-order valence-electron chi connectivity index (χ2n) is 6.13. The molecule has 1 aliphatic heterocycles. The minimum absolute atomic E-state index is 0.233. The third-order valence-electron chi connectivity index (χ3n) is 4.14. The maximum atomic E-state index is 12.9. The number of halogens is 2. The molecule has 3 rings (SSSR count). The molecular formula is C20H18Cl2N2O2. The summed E-state index contributed by atoms with van der Waals surface area (Å²) >= 11 is 12.3. The molecule has 0 aromatic heterocycles. The van der Waals surface area contributed by atoms with Gasteiger partial charge in [-0.25, -0.2) is 0 Å². The maximum Gasteiger partial charge on any atom is 0.278 e. The number of hydrogen-bond donors (Lipinski definition) is 1. The number of benzene rings is 2. The van der Waals surface area contributed by atoms with Gasteiger partial charge in [-0.15, -0.1) is 0 Å². The first-order valence-electron chi connectivity index (χ1n) is 8.32. The van der Waals surface area contributed by atoms with Crippen LogP contribution in [0.3, 0.4) is 0 Å². The molecule has 4 nitrogen and oxygen atoms in total. The van der Waals surface area contributed by atoms with Crippen molar-refractivity contribution in [2.75, 3.05) is 11.9 Å². The van der Waals surface area contributed by atoms with Crippen molar-refractivity contribution in [3.63, 3.8) is 0 Å². The zero-order valence-corrected chi connectivity index (χ0v) is 16.0. The van der Waals surface area contributed by atoms with Gasteiger partial charge in [-0.3, -0.25) is 14.5 Å². The van der Waals surface area contributed by atoms with Crippen molar-refractivity contribution in [1.82, 2.24) is 4.90 Å². The molecule has 0 unspecified atom stereocenters. The number of hydrogen-bond acceptors (Lipinski definition) is 3. The average Bonchev–Trinajstić information content (AvgIpc) is 2.82. The number of nitrogens with one attached hydrogen (secondary N) is 1. The molecule has 1 aliphatic rings. The van der Waals surface area contributed by atoms with Crippen LogP contribution in [0.1, 0.15) is 24.5 Å². The highest BCUT2D eigenvalue weighted by Crippen LogP contribution is 2.35. The van der Waals surface area contributed by atoms with Crippen LogP contribution in [0.4, 0.5) is 5.69 Å². The largest absolute Gasteiger partial charge is 0.350 e. The lowest BCUT2D eigenvalue weighted by Crippen LogP contribution is -2.33. The van der Waals surface area contributed by atoms with Gasteiger partial charge < -0.3 is 5.32 Å². The first kappa shape index (κ1) is 18.5. The van der Waals surface area contributed by atoms with Gasteiger partial charge in [0.2, 0.25) is 0 Å². The molecule has 26 heavy (non-hydrogen) atoms. The van der Waals surface area contributed by atoms with Crippen LogP contribution in [0.15, 0.2) is 48.2 Å². The molecule has 0 atom stereocenters. The Morgan fingerprint density at radius 1 is 1.00 bits per heavy atom. The van der Waals surface area contributed by atoms with E-state index < -0.39 is 0 Å². The fourth-order valence-corrected chi connectivity index (χ4v) is 3.34. The van der Waals surface area contributed by atoms with E-state index in [1.807, 2.05) is 38.1 Å². The highest BCUT2D eigenvalue weighted by Gasteiger charge is 2.39. The second-order valence-corrected chi connectivity index (χ2v) is 6.97. The Morgan fingerprint density at radius 3 is 2.31 bits per heavy atom. The van der Waals surface area contributed by atoms with E-state index in [0.717, 1.165) is 11.3 Å². The predicted octanol–water partition coefficient (Wildman–Crippen LogP) is 4.90. The van der Waals surface area contributed by atoms with Crippen LogP contribution in [-0.2, 0) is 9.59 Å². The van der Waals surface area contributed by atoms with Crippen LogP contribution >= 0.6 is 23.2 Å². The molecule has 0 spiro atoms.